The number of hydrogen-bond acceptors (Lipinski definition) is 4. The Morgan fingerprint density at radius 2 is 1.52 bits per heavy atom. The summed E-state index contributed by atoms with van der Waals surface area (Å²) in [5.41, 5.74) is 3.03. The van der Waals surface area contributed by atoms with Crippen molar-refractivity contribution in [2.45, 2.75) is 48.8 Å². The Morgan fingerprint density at radius 1 is 0.909 bits per heavy atom. The van der Waals surface area contributed by atoms with E-state index in [-0.39, 0.29) is 51.8 Å². The molecule has 0 atom stereocenters. The van der Waals surface area contributed by atoms with Gasteiger partial charge in [-0.15, -0.1) is 0 Å². The molecular formula is C23H27FNNaO5S2. The van der Waals surface area contributed by atoms with Crippen molar-refractivity contribution in [1.82, 2.24) is 4.72 Å². The first-order chi connectivity index (χ1) is 15.0. The summed E-state index contributed by atoms with van der Waals surface area (Å²) in [7, 11) is -8.10. The van der Waals surface area contributed by atoms with Crippen LogP contribution in [0.5, 0.6) is 0 Å². The molecule has 0 radical (unpaired) electrons. The molecule has 2 aliphatic rings. The standard InChI is InChI=1S/C23H26FNO5S2.Na.H/c1-16(2)17-6-12-21-18(15-23(32(28,29)30)22(21)13-7-17)5-3-4-14-25-31(26,27)20-10-8-19(24)9-11-20;;/h6-13,15-16,25H,3-5,14H2,1-2H3,(H,28,29,30);;. The second kappa shape index (κ2) is 11.4. The van der Waals surface area contributed by atoms with E-state index in [1.807, 2.05) is 32.0 Å². The van der Waals surface area contributed by atoms with Crippen LogP contribution < -0.4 is 4.72 Å². The third-order valence-corrected chi connectivity index (χ3v) is 7.70. The molecule has 0 spiro atoms. The Morgan fingerprint density at radius 3 is 2.09 bits per heavy atom. The topological polar surface area (TPSA) is 101 Å². The average Bonchev–Trinajstić information content (AvgIpc) is 2.91. The molecule has 174 valence electrons. The van der Waals surface area contributed by atoms with Crippen LogP contribution in [0.1, 0.15) is 43.7 Å². The normalized spacial score (nSPS) is 12.2. The van der Waals surface area contributed by atoms with Crippen LogP contribution in [-0.2, 0) is 26.6 Å². The fourth-order valence-corrected chi connectivity index (χ4v) is 5.37. The summed E-state index contributed by atoms with van der Waals surface area (Å²) in [4.78, 5) is -0.127. The molecule has 10 heteroatoms. The minimum absolute atomic E-state index is 0. The Balaban J connectivity index is 0.00000385. The molecule has 1 aromatic rings. The summed E-state index contributed by atoms with van der Waals surface area (Å²) in [5.74, 6) is -0.248. The van der Waals surface area contributed by atoms with E-state index in [9.17, 15) is 25.8 Å². The van der Waals surface area contributed by atoms with Crippen LogP contribution in [0.25, 0.3) is 11.1 Å². The Kier molecular flexibility index (Phi) is 9.64. The molecule has 33 heavy (non-hydrogen) atoms. The number of nitrogens with one attached hydrogen (secondary N) is 1. The maximum absolute atomic E-state index is 13.0. The van der Waals surface area contributed by atoms with E-state index in [1.165, 1.54) is 18.2 Å². The minimum atomic E-state index is -4.38. The molecule has 0 heterocycles. The molecule has 0 saturated carbocycles. The Bertz CT molecular complexity index is 1280. The van der Waals surface area contributed by atoms with Gasteiger partial charge in [0.15, 0.2) is 0 Å². The molecule has 3 rings (SSSR count). The summed E-state index contributed by atoms with van der Waals surface area (Å²) in [6.07, 6.45) is 1.64. The number of sulfonamides is 1. The first-order valence-electron chi connectivity index (χ1n) is 10.3. The van der Waals surface area contributed by atoms with Crippen LogP contribution in [0.2, 0.25) is 0 Å². The first kappa shape index (κ1) is 27.9. The molecule has 2 N–H and O–H groups in total. The Labute approximate surface area is 217 Å². The summed E-state index contributed by atoms with van der Waals surface area (Å²) >= 11 is 0. The van der Waals surface area contributed by atoms with Crippen LogP contribution in [-0.4, -0.2) is 57.5 Å². The van der Waals surface area contributed by atoms with Gasteiger partial charge < -0.3 is 0 Å². The van der Waals surface area contributed by atoms with Gasteiger partial charge in [-0.25, -0.2) is 17.5 Å². The van der Waals surface area contributed by atoms with Gasteiger partial charge in [0.2, 0.25) is 10.0 Å². The molecule has 0 amide bonds. The Hall–Kier alpha value is -1.33. The molecule has 0 aliphatic heterocycles. The van der Waals surface area contributed by atoms with E-state index in [1.54, 1.807) is 6.07 Å². The van der Waals surface area contributed by atoms with E-state index in [0.717, 1.165) is 28.8 Å². The fraction of sp³-hybridized carbons (Fsp3) is 0.304. The third-order valence-electron chi connectivity index (χ3n) is 5.33. The van der Waals surface area contributed by atoms with Gasteiger partial charge in [-0.05, 0) is 72.2 Å². The van der Waals surface area contributed by atoms with E-state index in [0.29, 0.717) is 24.8 Å². The maximum atomic E-state index is 13.0. The molecule has 0 aromatic heterocycles. The predicted molar refractivity (Wildman–Crippen MR) is 129 cm³/mol. The third kappa shape index (κ3) is 7.08. The predicted octanol–water partition coefficient (Wildman–Crippen LogP) is 3.95. The molecule has 6 nitrogen and oxygen atoms in total. The SMILES string of the molecule is CC(C)c1ccc2c(CCCCNS(=O)(=O)c3ccc(F)cc3)cc(S(=O)(=O)O)c-2cc1.[NaH]. The summed E-state index contributed by atoms with van der Waals surface area (Å²) in [6, 6.07) is 13.5. The second-order valence-corrected chi connectivity index (χ2v) is 11.1. The van der Waals surface area contributed by atoms with Gasteiger partial charge in [-0.2, -0.15) is 8.42 Å². The van der Waals surface area contributed by atoms with Gasteiger partial charge in [0.05, 0.1) is 4.90 Å². The van der Waals surface area contributed by atoms with Crippen LogP contribution in [0.15, 0.2) is 64.4 Å². The van der Waals surface area contributed by atoms with Crippen molar-refractivity contribution in [2.24, 2.45) is 0 Å². The van der Waals surface area contributed by atoms with E-state index >= 15 is 0 Å². The van der Waals surface area contributed by atoms with Gasteiger partial charge in [-0.3, -0.25) is 4.55 Å². The van der Waals surface area contributed by atoms with E-state index in [2.05, 4.69) is 4.72 Å². The van der Waals surface area contributed by atoms with Gasteiger partial charge in [-0.1, -0.05) is 38.1 Å². The fourth-order valence-electron chi connectivity index (χ4n) is 3.55. The van der Waals surface area contributed by atoms with Crippen molar-refractivity contribution in [2.75, 3.05) is 6.54 Å². The average molecular weight is 504 g/mol. The number of benzene rings is 1. The molecule has 2 aliphatic carbocycles. The van der Waals surface area contributed by atoms with Crippen LogP contribution >= 0.6 is 0 Å². The summed E-state index contributed by atoms with van der Waals surface area (Å²) in [5, 5.41) is 0. The van der Waals surface area contributed by atoms with Gasteiger partial charge in [0, 0.05) is 12.1 Å². The van der Waals surface area contributed by atoms with Crippen LogP contribution in [0, 0.1) is 5.82 Å². The number of hydrogen-bond donors (Lipinski definition) is 2. The number of aryl methyl sites for hydroxylation is 1. The summed E-state index contributed by atoms with van der Waals surface area (Å²) in [6.45, 7) is 4.27. The number of fused-ring (bicyclic) bond motifs is 1. The number of unbranched alkanes of at least 4 members (excludes halogenated alkanes) is 1. The van der Waals surface area contributed by atoms with Gasteiger partial charge in [0.25, 0.3) is 10.1 Å². The van der Waals surface area contributed by atoms with Crippen molar-refractivity contribution in [1.29, 1.82) is 0 Å². The second-order valence-electron chi connectivity index (χ2n) is 7.97. The van der Waals surface area contributed by atoms with Crippen LogP contribution in [0.4, 0.5) is 4.39 Å². The van der Waals surface area contributed by atoms with Crippen molar-refractivity contribution >= 4 is 49.7 Å². The van der Waals surface area contributed by atoms with Crippen molar-refractivity contribution in [3.63, 3.8) is 0 Å². The molecule has 0 saturated heterocycles. The molecule has 0 fully saturated rings. The van der Waals surface area contributed by atoms with E-state index in [4.69, 9.17) is 0 Å². The monoisotopic (exact) mass is 503 g/mol. The summed E-state index contributed by atoms with van der Waals surface area (Å²) < 4.78 is 73.4. The zero-order valence-electron chi connectivity index (χ0n) is 17.9. The molecule has 0 unspecified atom stereocenters. The number of halogens is 1. The molecular weight excluding hydrogens is 476 g/mol. The van der Waals surface area contributed by atoms with Crippen molar-refractivity contribution in [3.8, 4) is 11.1 Å². The van der Waals surface area contributed by atoms with Crippen LogP contribution in [0.3, 0.4) is 0 Å². The van der Waals surface area contributed by atoms with Gasteiger partial charge >= 0.3 is 29.6 Å². The van der Waals surface area contributed by atoms with E-state index < -0.39 is 26.0 Å². The quantitative estimate of drug-likeness (QED) is 0.262. The molecule has 0 bridgehead atoms. The van der Waals surface area contributed by atoms with Crippen molar-refractivity contribution < 1.29 is 25.8 Å². The zero-order valence-corrected chi connectivity index (χ0v) is 19.5. The number of rotatable bonds is 9. The first-order valence-corrected chi connectivity index (χ1v) is 13.2. The zero-order chi connectivity index (χ0) is 23.5. The van der Waals surface area contributed by atoms with Crippen molar-refractivity contribution in [3.05, 3.63) is 71.5 Å². The van der Waals surface area contributed by atoms with Gasteiger partial charge in [0.1, 0.15) is 10.7 Å². The molecule has 1 aromatic carbocycles.